The number of carbonyl (C=O) groups is 2. The second-order valence-electron chi connectivity index (χ2n) is 6.90. The number of amides is 2. The standard InChI is InChI=1S/C18H22N4O3/c1-13-4-5-15(25-13)18(24)22-11-14(10-21-7-2-3-17(21)23)9-20-8-6-19-16(20)12-22/h4-6,8,14H,2-3,7,9-12H2,1H3/t14-/m1/s1. The van der Waals surface area contributed by atoms with Crippen molar-refractivity contribution in [2.45, 2.75) is 32.9 Å². The summed E-state index contributed by atoms with van der Waals surface area (Å²) in [5.74, 6) is 2.22. The molecule has 2 amide bonds. The summed E-state index contributed by atoms with van der Waals surface area (Å²) in [6.07, 6.45) is 5.27. The molecule has 0 spiro atoms. The molecule has 1 fully saturated rings. The Labute approximate surface area is 146 Å². The fraction of sp³-hybridized carbons (Fsp3) is 0.500. The van der Waals surface area contributed by atoms with E-state index in [0.717, 1.165) is 31.1 Å². The molecule has 2 aliphatic heterocycles. The highest BCUT2D eigenvalue weighted by atomic mass is 16.3. The van der Waals surface area contributed by atoms with Gasteiger partial charge in [0.1, 0.15) is 11.6 Å². The third-order valence-electron chi connectivity index (χ3n) is 4.96. The summed E-state index contributed by atoms with van der Waals surface area (Å²) in [5.41, 5.74) is 0. The van der Waals surface area contributed by atoms with Crippen molar-refractivity contribution in [3.63, 3.8) is 0 Å². The van der Waals surface area contributed by atoms with Crippen molar-refractivity contribution in [2.24, 2.45) is 5.92 Å². The van der Waals surface area contributed by atoms with Crippen molar-refractivity contribution in [1.29, 1.82) is 0 Å². The SMILES string of the molecule is Cc1ccc(C(=O)N2Cc3nccn3C[C@H](CN3CCCC3=O)C2)o1. The molecule has 0 radical (unpaired) electrons. The Hall–Kier alpha value is -2.57. The molecule has 1 saturated heterocycles. The lowest BCUT2D eigenvalue weighted by Gasteiger charge is -2.26. The van der Waals surface area contributed by atoms with Crippen molar-refractivity contribution >= 4 is 11.8 Å². The first-order chi connectivity index (χ1) is 12.1. The Kier molecular flexibility index (Phi) is 4.07. The molecule has 4 rings (SSSR count). The number of hydrogen-bond donors (Lipinski definition) is 0. The number of rotatable bonds is 3. The molecule has 1 atom stereocenters. The topological polar surface area (TPSA) is 71.6 Å². The average molecular weight is 342 g/mol. The predicted octanol–water partition coefficient (Wildman–Crippen LogP) is 1.68. The lowest BCUT2D eigenvalue weighted by atomic mass is 10.1. The van der Waals surface area contributed by atoms with Gasteiger partial charge in [0.15, 0.2) is 5.76 Å². The fourth-order valence-electron chi connectivity index (χ4n) is 3.72. The van der Waals surface area contributed by atoms with Crippen LogP contribution < -0.4 is 0 Å². The first-order valence-electron chi connectivity index (χ1n) is 8.73. The van der Waals surface area contributed by atoms with E-state index in [4.69, 9.17) is 4.42 Å². The molecule has 0 unspecified atom stereocenters. The number of imidazole rings is 1. The zero-order valence-corrected chi connectivity index (χ0v) is 14.4. The summed E-state index contributed by atoms with van der Waals surface area (Å²) in [7, 11) is 0. The number of likely N-dealkylation sites (tertiary alicyclic amines) is 1. The number of hydrogen-bond acceptors (Lipinski definition) is 4. The van der Waals surface area contributed by atoms with Gasteiger partial charge in [0.05, 0.1) is 6.54 Å². The maximum absolute atomic E-state index is 12.9. The zero-order chi connectivity index (χ0) is 17.4. The van der Waals surface area contributed by atoms with Gasteiger partial charge in [-0.25, -0.2) is 4.98 Å². The van der Waals surface area contributed by atoms with Gasteiger partial charge in [-0.05, 0) is 25.5 Å². The first-order valence-corrected chi connectivity index (χ1v) is 8.73. The van der Waals surface area contributed by atoms with E-state index in [0.29, 0.717) is 31.8 Å². The van der Waals surface area contributed by atoms with Crippen LogP contribution in [0.3, 0.4) is 0 Å². The predicted molar refractivity (Wildman–Crippen MR) is 89.7 cm³/mol. The normalized spacial score (nSPS) is 20.7. The molecule has 2 aromatic heterocycles. The Morgan fingerprint density at radius 3 is 2.96 bits per heavy atom. The molecule has 7 nitrogen and oxygen atoms in total. The van der Waals surface area contributed by atoms with Gasteiger partial charge in [-0.1, -0.05) is 0 Å². The molecule has 0 saturated carbocycles. The summed E-state index contributed by atoms with van der Waals surface area (Å²) >= 11 is 0. The van der Waals surface area contributed by atoms with E-state index in [-0.39, 0.29) is 17.7 Å². The minimum absolute atomic E-state index is 0.123. The van der Waals surface area contributed by atoms with Crippen molar-refractivity contribution in [3.05, 3.63) is 41.9 Å². The van der Waals surface area contributed by atoms with Crippen LogP contribution >= 0.6 is 0 Å². The van der Waals surface area contributed by atoms with E-state index >= 15 is 0 Å². The first kappa shape index (κ1) is 15.9. The Morgan fingerprint density at radius 2 is 2.24 bits per heavy atom. The Balaban J connectivity index is 1.56. The van der Waals surface area contributed by atoms with Gasteiger partial charge in [-0.2, -0.15) is 0 Å². The molecule has 0 aromatic carbocycles. The van der Waals surface area contributed by atoms with Gasteiger partial charge < -0.3 is 18.8 Å². The van der Waals surface area contributed by atoms with Gasteiger partial charge in [-0.15, -0.1) is 0 Å². The third kappa shape index (κ3) is 3.18. The smallest absolute Gasteiger partial charge is 0.289 e. The van der Waals surface area contributed by atoms with Crippen LogP contribution in [0.2, 0.25) is 0 Å². The molecule has 25 heavy (non-hydrogen) atoms. The number of fused-ring (bicyclic) bond motifs is 1. The highest BCUT2D eigenvalue weighted by molar-refractivity contribution is 5.91. The van der Waals surface area contributed by atoms with Gasteiger partial charge >= 0.3 is 0 Å². The van der Waals surface area contributed by atoms with Crippen LogP contribution in [0.15, 0.2) is 28.9 Å². The van der Waals surface area contributed by atoms with Gasteiger partial charge in [-0.3, -0.25) is 9.59 Å². The molecule has 0 aliphatic carbocycles. The van der Waals surface area contributed by atoms with E-state index in [9.17, 15) is 9.59 Å². The minimum atomic E-state index is -0.123. The van der Waals surface area contributed by atoms with E-state index in [2.05, 4.69) is 9.55 Å². The van der Waals surface area contributed by atoms with Crippen LogP contribution in [0, 0.1) is 12.8 Å². The molecule has 2 aromatic rings. The van der Waals surface area contributed by atoms with E-state index < -0.39 is 0 Å². The molecular weight excluding hydrogens is 320 g/mol. The Bertz CT molecular complexity index is 794. The summed E-state index contributed by atoms with van der Waals surface area (Å²) in [4.78, 5) is 32.9. The van der Waals surface area contributed by atoms with Crippen molar-refractivity contribution < 1.29 is 14.0 Å². The maximum Gasteiger partial charge on any atom is 0.289 e. The lowest BCUT2D eigenvalue weighted by molar-refractivity contribution is -0.128. The van der Waals surface area contributed by atoms with Crippen molar-refractivity contribution in [1.82, 2.24) is 19.4 Å². The number of nitrogens with zero attached hydrogens (tertiary/aromatic N) is 4. The summed E-state index contributed by atoms with van der Waals surface area (Å²) in [6.45, 7) is 5.13. The highest BCUT2D eigenvalue weighted by Crippen LogP contribution is 2.21. The second-order valence-corrected chi connectivity index (χ2v) is 6.90. The van der Waals surface area contributed by atoms with Crippen molar-refractivity contribution in [3.8, 4) is 0 Å². The highest BCUT2D eigenvalue weighted by Gasteiger charge is 2.30. The quantitative estimate of drug-likeness (QED) is 0.851. The van der Waals surface area contributed by atoms with Crippen LogP contribution in [-0.2, 0) is 17.9 Å². The summed E-state index contributed by atoms with van der Waals surface area (Å²) < 4.78 is 7.60. The van der Waals surface area contributed by atoms with E-state index in [1.807, 2.05) is 18.0 Å². The Morgan fingerprint density at radius 1 is 1.36 bits per heavy atom. The monoisotopic (exact) mass is 342 g/mol. The largest absolute Gasteiger partial charge is 0.456 e. The number of furan rings is 1. The van der Waals surface area contributed by atoms with Crippen LogP contribution in [-0.4, -0.2) is 50.8 Å². The van der Waals surface area contributed by atoms with Crippen LogP contribution in [0.5, 0.6) is 0 Å². The maximum atomic E-state index is 12.9. The molecular formula is C18H22N4O3. The third-order valence-corrected chi connectivity index (χ3v) is 4.96. The molecule has 0 N–H and O–H groups in total. The van der Waals surface area contributed by atoms with Crippen LogP contribution in [0.25, 0.3) is 0 Å². The number of carbonyl (C=O) groups excluding carboxylic acids is 2. The van der Waals surface area contributed by atoms with E-state index in [1.54, 1.807) is 23.2 Å². The molecule has 132 valence electrons. The van der Waals surface area contributed by atoms with E-state index in [1.165, 1.54) is 0 Å². The summed E-state index contributed by atoms with van der Waals surface area (Å²) in [6, 6.07) is 3.51. The fourth-order valence-corrected chi connectivity index (χ4v) is 3.72. The lowest BCUT2D eigenvalue weighted by Crippen LogP contribution is -2.39. The molecule has 4 heterocycles. The van der Waals surface area contributed by atoms with Gasteiger partial charge in [0, 0.05) is 50.9 Å². The number of aryl methyl sites for hydroxylation is 1. The molecule has 2 aliphatic rings. The minimum Gasteiger partial charge on any atom is -0.456 e. The van der Waals surface area contributed by atoms with Crippen LogP contribution in [0.4, 0.5) is 0 Å². The number of aromatic nitrogens is 2. The van der Waals surface area contributed by atoms with Crippen LogP contribution in [0.1, 0.15) is 35.0 Å². The van der Waals surface area contributed by atoms with Gasteiger partial charge in [0.25, 0.3) is 5.91 Å². The van der Waals surface area contributed by atoms with Crippen molar-refractivity contribution in [2.75, 3.05) is 19.6 Å². The molecule has 0 bridgehead atoms. The second kappa shape index (κ2) is 6.38. The summed E-state index contributed by atoms with van der Waals surface area (Å²) in [5, 5.41) is 0. The average Bonchev–Trinajstić information content (AvgIpc) is 3.28. The van der Waals surface area contributed by atoms with Gasteiger partial charge in [0.2, 0.25) is 5.91 Å². The molecule has 7 heteroatoms. The zero-order valence-electron chi connectivity index (χ0n) is 14.4.